The van der Waals surface area contributed by atoms with Crippen LogP contribution in [0.15, 0.2) is 24.3 Å². The highest BCUT2D eigenvalue weighted by Gasteiger charge is 2.51. The van der Waals surface area contributed by atoms with Crippen LogP contribution in [0.2, 0.25) is 0 Å². The smallest absolute Gasteiger partial charge is 0.220 e. The molecule has 0 aromatic rings. The summed E-state index contributed by atoms with van der Waals surface area (Å²) in [5, 5.41) is 87.0. The van der Waals surface area contributed by atoms with Crippen LogP contribution in [0.1, 0.15) is 232 Å². The molecule has 412 valence electrons. The predicted molar refractivity (Wildman–Crippen MR) is 277 cm³/mol. The van der Waals surface area contributed by atoms with E-state index >= 15 is 0 Å². The molecule has 0 aromatic carbocycles. The SMILES string of the molecule is CCCCCCCC/C=C\CCCCCCCCCC(=O)NC(COC1OC(CO)C(OC2OC(CO)C(O)C(O)C2O)C(O)C1O)C(O)/C=C/CCCCCCCCCCCCCCCCCCC. The van der Waals surface area contributed by atoms with E-state index in [1.807, 2.05) is 6.08 Å². The molecule has 12 unspecified atom stereocenters. The van der Waals surface area contributed by atoms with Gasteiger partial charge < -0.3 is 65.1 Å². The minimum Gasteiger partial charge on any atom is -0.394 e. The van der Waals surface area contributed by atoms with E-state index in [2.05, 4.69) is 31.3 Å². The summed E-state index contributed by atoms with van der Waals surface area (Å²) in [6, 6.07) is -0.914. The third kappa shape index (κ3) is 28.8. The highest BCUT2D eigenvalue weighted by molar-refractivity contribution is 5.76. The Kier molecular flexibility index (Phi) is 39.5. The average Bonchev–Trinajstić information content (AvgIpc) is 3.36. The molecule has 14 nitrogen and oxygen atoms in total. The molecule has 2 aliphatic rings. The van der Waals surface area contributed by atoms with Crippen LogP contribution in [-0.2, 0) is 23.7 Å². The lowest BCUT2D eigenvalue weighted by Crippen LogP contribution is -2.65. The molecule has 2 aliphatic heterocycles. The summed E-state index contributed by atoms with van der Waals surface area (Å²) in [6.45, 7) is 2.80. The van der Waals surface area contributed by atoms with Crippen molar-refractivity contribution < 1.29 is 64.6 Å². The number of rotatable bonds is 45. The van der Waals surface area contributed by atoms with Crippen molar-refractivity contribution >= 4 is 5.91 Å². The van der Waals surface area contributed by atoms with Crippen LogP contribution >= 0.6 is 0 Å². The van der Waals surface area contributed by atoms with Gasteiger partial charge in [0.25, 0.3) is 0 Å². The second kappa shape index (κ2) is 42.8. The fourth-order valence-electron chi connectivity index (χ4n) is 9.46. The number of aliphatic hydroxyl groups is 8. The first-order valence-corrected chi connectivity index (χ1v) is 28.6. The molecular formula is C56H105NO13. The van der Waals surface area contributed by atoms with E-state index in [0.717, 1.165) is 44.9 Å². The standard InChI is InChI=1S/C56H105NO13/c1-3-5-7-9-11-13-15-17-19-21-22-24-25-27-29-31-33-35-37-39-45(60)44(57-48(61)40-38-36-34-32-30-28-26-23-20-18-16-14-12-10-8-6-4-2)43-67-55-53(66)51(64)54(47(42-59)69-55)70-56-52(65)50(63)49(62)46(41-58)68-56/h18,20,37,39,44-47,49-56,58-60,62-66H,3-17,19,21-36,38,40-43H2,1-2H3,(H,57,61)/b20-18-,39-37+. The van der Waals surface area contributed by atoms with E-state index in [-0.39, 0.29) is 18.9 Å². The fourth-order valence-corrected chi connectivity index (χ4v) is 9.46. The van der Waals surface area contributed by atoms with Crippen molar-refractivity contribution in [3.8, 4) is 0 Å². The summed E-state index contributed by atoms with van der Waals surface area (Å²) in [7, 11) is 0. The molecule has 14 heteroatoms. The van der Waals surface area contributed by atoms with Gasteiger partial charge in [0.15, 0.2) is 12.6 Å². The van der Waals surface area contributed by atoms with E-state index < -0.39 is 86.8 Å². The number of unbranched alkanes of at least 4 members (excludes halogenated alkanes) is 30. The van der Waals surface area contributed by atoms with E-state index in [4.69, 9.17) is 18.9 Å². The summed E-state index contributed by atoms with van der Waals surface area (Å²) in [4.78, 5) is 13.2. The highest BCUT2D eigenvalue weighted by Crippen LogP contribution is 2.30. The van der Waals surface area contributed by atoms with Gasteiger partial charge in [-0.1, -0.05) is 205 Å². The number of aliphatic hydroxyl groups excluding tert-OH is 8. The maximum absolute atomic E-state index is 13.2. The summed E-state index contributed by atoms with van der Waals surface area (Å²) >= 11 is 0. The lowest BCUT2D eigenvalue weighted by molar-refractivity contribution is -0.359. The summed E-state index contributed by atoms with van der Waals surface area (Å²) in [5.74, 6) is -0.242. The van der Waals surface area contributed by atoms with Crippen molar-refractivity contribution in [2.75, 3.05) is 19.8 Å². The Morgan fingerprint density at radius 3 is 1.36 bits per heavy atom. The molecule has 0 bridgehead atoms. The van der Waals surface area contributed by atoms with Crippen molar-refractivity contribution in [2.24, 2.45) is 0 Å². The normalized spacial score (nSPS) is 26.1. The number of allylic oxidation sites excluding steroid dienone is 3. The molecule has 12 atom stereocenters. The Hall–Kier alpha value is -1.53. The molecule has 0 spiro atoms. The first-order chi connectivity index (χ1) is 34.1. The minimum atomic E-state index is -1.79. The van der Waals surface area contributed by atoms with Gasteiger partial charge in [0.05, 0.1) is 32.0 Å². The number of hydrogen-bond donors (Lipinski definition) is 9. The number of nitrogens with one attached hydrogen (secondary N) is 1. The van der Waals surface area contributed by atoms with Crippen molar-refractivity contribution in [3.05, 3.63) is 24.3 Å². The van der Waals surface area contributed by atoms with Crippen LogP contribution in [-0.4, -0.2) is 140 Å². The molecule has 2 heterocycles. The van der Waals surface area contributed by atoms with Crippen molar-refractivity contribution in [1.82, 2.24) is 5.32 Å². The third-order valence-corrected chi connectivity index (χ3v) is 14.1. The second-order valence-electron chi connectivity index (χ2n) is 20.4. The quantitative estimate of drug-likeness (QED) is 0.0205. The topological polar surface area (TPSA) is 228 Å². The maximum Gasteiger partial charge on any atom is 0.220 e. The summed E-state index contributed by atoms with van der Waals surface area (Å²) < 4.78 is 22.8. The zero-order chi connectivity index (χ0) is 51.0. The molecule has 0 aromatic heterocycles. The first kappa shape index (κ1) is 64.6. The van der Waals surface area contributed by atoms with Gasteiger partial charge in [-0.05, 0) is 44.9 Å². The first-order valence-electron chi connectivity index (χ1n) is 28.6. The molecule has 2 rings (SSSR count). The van der Waals surface area contributed by atoms with Crippen molar-refractivity contribution in [3.63, 3.8) is 0 Å². The van der Waals surface area contributed by atoms with Gasteiger partial charge in [-0.2, -0.15) is 0 Å². The summed E-state index contributed by atoms with van der Waals surface area (Å²) in [6.07, 6.45) is 32.1. The fraction of sp³-hybridized carbons (Fsp3) is 0.911. The van der Waals surface area contributed by atoms with E-state index in [1.54, 1.807) is 6.08 Å². The van der Waals surface area contributed by atoms with Gasteiger partial charge in [0, 0.05) is 6.42 Å². The molecule has 2 saturated heterocycles. The molecule has 1 amide bonds. The minimum absolute atomic E-state index is 0.242. The Labute approximate surface area is 424 Å². The number of amides is 1. The molecule has 0 radical (unpaired) electrons. The Bertz CT molecular complexity index is 1270. The van der Waals surface area contributed by atoms with Crippen molar-refractivity contribution in [1.29, 1.82) is 0 Å². The molecule has 0 aliphatic carbocycles. The molecule has 70 heavy (non-hydrogen) atoms. The van der Waals surface area contributed by atoms with E-state index in [0.29, 0.717) is 6.42 Å². The number of hydrogen-bond acceptors (Lipinski definition) is 13. The van der Waals surface area contributed by atoms with E-state index in [1.165, 1.54) is 161 Å². The van der Waals surface area contributed by atoms with Gasteiger partial charge in [0.2, 0.25) is 5.91 Å². The lowest BCUT2D eigenvalue weighted by Gasteiger charge is -2.46. The Balaban J connectivity index is 1.80. The Morgan fingerprint density at radius 1 is 0.500 bits per heavy atom. The zero-order valence-electron chi connectivity index (χ0n) is 44.0. The predicted octanol–water partition coefficient (Wildman–Crippen LogP) is 8.89. The van der Waals surface area contributed by atoms with Crippen LogP contribution in [0.25, 0.3) is 0 Å². The van der Waals surface area contributed by atoms with Crippen LogP contribution in [0, 0.1) is 0 Å². The van der Waals surface area contributed by atoms with Gasteiger partial charge >= 0.3 is 0 Å². The van der Waals surface area contributed by atoms with Crippen LogP contribution < -0.4 is 5.32 Å². The molecular weight excluding hydrogens is 895 g/mol. The van der Waals surface area contributed by atoms with Gasteiger partial charge in [-0.15, -0.1) is 0 Å². The van der Waals surface area contributed by atoms with Crippen LogP contribution in [0.5, 0.6) is 0 Å². The lowest BCUT2D eigenvalue weighted by atomic mass is 9.97. The average molecular weight is 1000 g/mol. The highest BCUT2D eigenvalue weighted by atomic mass is 16.7. The van der Waals surface area contributed by atoms with Gasteiger partial charge in [-0.25, -0.2) is 0 Å². The number of carbonyl (C=O) groups is 1. The zero-order valence-corrected chi connectivity index (χ0v) is 44.0. The van der Waals surface area contributed by atoms with E-state index in [9.17, 15) is 45.6 Å². The molecule has 0 saturated carbocycles. The number of carbonyl (C=O) groups excluding carboxylic acids is 1. The second-order valence-corrected chi connectivity index (χ2v) is 20.4. The maximum atomic E-state index is 13.2. The van der Waals surface area contributed by atoms with Crippen LogP contribution in [0.3, 0.4) is 0 Å². The monoisotopic (exact) mass is 1000 g/mol. The Morgan fingerprint density at radius 2 is 0.900 bits per heavy atom. The summed E-state index contributed by atoms with van der Waals surface area (Å²) in [5.41, 5.74) is 0. The van der Waals surface area contributed by atoms with Crippen molar-refractivity contribution in [2.45, 2.75) is 306 Å². The van der Waals surface area contributed by atoms with Gasteiger partial charge in [-0.3, -0.25) is 4.79 Å². The largest absolute Gasteiger partial charge is 0.394 e. The number of ether oxygens (including phenoxy) is 4. The third-order valence-electron chi connectivity index (χ3n) is 14.1. The molecule has 2 fully saturated rings. The molecule has 9 N–H and O–H groups in total. The van der Waals surface area contributed by atoms with Crippen LogP contribution in [0.4, 0.5) is 0 Å². The van der Waals surface area contributed by atoms with Gasteiger partial charge in [0.1, 0.15) is 48.8 Å².